The second-order valence-electron chi connectivity index (χ2n) is 2.88. The Balaban J connectivity index is 3.50. The molecule has 0 rings (SSSR count). The van der Waals surface area contributed by atoms with E-state index in [2.05, 4.69) is 18.4 Å². The Morgan fingerprint density at radius 1 is 1.40 bits per heavy atom. The van der Waals surface area contributed by atoms with Crippen LogP contribution >= 0.6 is 11.1 Å². The first-order chi connectivity index (χ1) is 4.56. The number of hydrogen-bond donors (Lipinski definition) is 0. The second-order valence-corrected chi connectivity index (χ2v) is 8.91. The maximum absolute atomic E-state index is 5.98. The highest BCUT2D eigenvalue weighted by Gasteiger charge is 2.11. The Morgan fingerprint density at radius 3 is 2.40 bits per heavy atom. The van der Waals surface area contributed by atoms with Crippen LogP contribution in [0.5, 0.6) is 0 Å². The van der Waals surface area contributed by atoms with Gasteiger partial charge in [-0.05, 0) is 19.5 Å². The molecule has 0 saturated heterocycles. The summed E-state index contributed by atoms with van der Waals surface area (Å²) >= 11 is 5.98. The number of rotatable bonds is 2. The van der Waals surface area contributed by atoms with Crippen LogP contribution in [0.25, 0.3) is 0 Å². The minimum Gasteiger partial charge on any atom is -0.151 e. The van der Waals surface area contributed by atoms with Crippen LogP contribution in [0, 0.1) is 11.5 Å². The largest absolute Gasteiger partial charge is 0.228 e. The van der Waals surface area contributed by atoms with E-state index < -0.39 is 7.38 Å². The predicted octanol–water partition coefficient (Wildman–Crippen LogP) is 3.16. The van der Waals surface area contributed by atoms with E-state index in [0.29, 0.717) is 0 Å². The van der Waals surface area contributed by atoms with Crippen molar-refractivity contribution < 1.29 is 0 Å². The second kappa shape index (κ2) is 4.82. The molecule has 0 unspecified atom stereocenters. The molecular weight excluding hydrogens is 160 g/mol. The van der Waals surface area contributed by atoms with E-state index in [0.717, 1.165) is 6.42 Å². The highest BCUT2D eigenvalue weighted by atomic mass is 35.6. The maximum Gasteiger partial charge on any atom is 0.228 e. The third-order valence-electron chi connectivity index (χ3n) is 1.04. The molecule has 0 aromatic heterocycles. The first kappa shape index (κ1) is 10.1. The fraction of sp³-hybridized carbons (Fsp3) is 0.750. The molecule has 0 N–H and O–H groups in total. The minimum atomic E-state index is -1.60. The summed E-state index contributed by atoms with van der Waals surface area (Å²) in [6.07, 6.45) is 3.44. The molecule has 0 heterocycles. The molecule has 0 spiro atoms. The van der Waals surface area contributed by atoms with E-state index in [1.54, 1.807) is 0 Å². The molecule has 0 aliphatic carbocycles. The van der Waals surface area contributed by atoms with Gasteiger partial charge in [0, 0.05) is 6.42 Å². The first-order valence-electron chi connectivity index (χ1n) is 3.75. The van der Waals surface area contributed by atoms with Gasteiger partial charge < -0.3 is 0 Å². The van der Waals surface area contributed by atoms with Crippen LogP contribution in [-0.2, 0) is 0 Å². The number of hydrogen-bond acceptors (Lipinski definition) is 0. The number of halogens is 1. The molecule has 0 aliphatic heterocycles. The highest BCUT2D eigenvalue weighted by molar-refractivity contribution is 7.23. The summed E-state index contributed by atoms with van der Waals surface area (Å²) in [5.41, 5.74) is 3.11. The molecule has 0 aromatic rings. The first-order valence-corrected chi connectivity index (χ1v) is 7.76. The van der Waals surface area contributed by atoms with E-state index in [1.807, 2.05) is 13.1 Å². The van der Waals surface area contributed by atoms with Gasteiger partial charge in [0.2, 0.25) is 7.38 Å². The zero-order chi connectivity index (χ0) is 8.04. The third-order valence-corrected chi connectivity index (χ3v) is 2.10. The average Bonchev–Trinajstić information content (AvgIpc) is 1.78. The fourth-order valence-electron chi connectivity index (χ4n) is 0.538. The van der Waals surface area contributed by atoms with Crippen molar-refractivity contribution >= 4 is 18.5 Å². The molecule has 0 saturated carbocycles. The highest BCUT2D eigenvalue weighted by Crippen LogP contribution is 2.04. The van der Waals surface area contributed by atoms with E-state index in [-0.39, 0.29) is 0 Å². The van der Waals surface area contributed by atoms with Gasteiger partial charge in [-0.15, -0.1) is 11.5 Å². The van der Waals surface area contributed by atoms with Crippen molar-refractivity contribution in [3.8, 4) is 11.5 Å². The lowest BCUT2D eigenvalue weighted by Crippen LogP contribution is -2.12. The van der Waals surface area contributed by atoms with Gasteiger partial charge in [0.25, 0.3) is 0 Å². The quantitative estimate of drug-likeness (QED) is 0.261. The van der Waals surface area contributed by atoms with Gasteiger partial charge in [-0.3, -0.25) is 0 Å². The number of unbranched alkanes of at least 4 members (excludes halogenated alkanes) is 2. The molecule has 0 amide bonds. The summed E-state index contributed by atoms with van der Waals surface area (Å²) in [5, 5.41) is 0. The van der Waals surface area contributed by atoms with Crippen LogP contribution in [0.1, 0.15) is 26.2 Å². The summed E-state index contributed by atoms with van der Waals surface area (Å²) in [6, 6.07) is 0. The molecule has 0 bridgehead atoms. The monoisotopic (exact) mass is 174 g/mol. The van der Waals surface area contributed by atoms with Crippen LogP contribution in [0.15, 0.2) is 0 Å². The van der Waals surface area contributed by atoms with E-state index in [1.165, 1.54) is 12.8 Å². The molecule has 0 nitrogen and oxygen atoms in total. The summed E-state index contributed by atoms with van der Waals surface area (Å²) in [6.45, 7) is 6.27. The summed E-state index contributed by atoms with van der Waals surface area (Å²) in [7, 11) is -1.60. The van der Waals surface area contributed by atoms with Crippen LogP contribution < -0.4 is 0 Å². The van der Waals surface area contributed by atoms with Crippen LogP contribution in [0.2, 0.25) is 13.1 Å². The van der Waals surface area contributed by atoms with Gasteiger partial charge >= 0.3 is 0 Å². The molecule has 0 aromatic carbocycles. The zero-order valence-corrected chi connectivity index (χ0v) is 8.76. The molecule has 0 radical (unpaired) electrons. The fourth-order valence-corrected chi connectivity index (χ4v) is 1.28. The van der Waals surface area contributed by atoms with Crippen LogP contribution in [0.4, 0.5) is 0 Å². The van der Waals surface area contributed by atoms with Gasteiger partial charge in [-0.1, -0.05) is 13.3 Å². The van der Waals surface area contributed by atoms with E-state index >= 15 is 0 Å². The van der Waals surface area contributed by atoms with Crippen molar-refractivity contribution in [1.29, 1.82) is 0 Å². The van der Waals surface area contributed by atoms with Gasteiger partial charge in [-0.25, -0.2) is 0 Å². The molecular formula is C8H15ClSi. The standard InChI is InChI=1S/C8H15ClSi/c1-4-5-6-7-8-10(2,3)9/h4-6H2,1-3H3. The molecule has 0 fully saturated rings. The van der Waals surface area contributed by atoms with Crippen molar-refractivity contribution in [2.24, 2.45) is 0 Å². The van der Waals surface area contributed by atoms with E-state index in [4.69, 9.17) is 11.1 Å². The Morgan fingerprint density at radius 2 is 2.00 bits per heavy atom. The molecule has 0 atom stereocenters. The Bertz CT molecular complexity index is 136. The summed E-state index contributed by atoms with van der Waals surface area (Å²) < 4.78 is 0. The summed E-state index contributed by atoms with van der Waals surface area (Å²) in [4.78, 5) is 0. The van der Waals surface area contributed by atoms with E-state index in [9.17, 15) is 0 Å². The smallest absolute Gasteiger partial charge is 0.151 e. The molecule has 2 heteroatoms. The Kier molecular flexibility index (Phi) is 4.85. The van der Waals surface area contributed by atoms with Gasteiger partial charge in [0.1, 0.15) is 0 Å². The maximum atomic E-state index is 5.98. The Hall–Kier alpha value is 0.0669. The normalized spacial score (nSPS) is 10.4. The Labute approximate surface area is 69.7 Å². The van der Waals surface area contributed by atoms with Crippen LogP contribution in [0.3, 0.4) is 0 Å². The van der Waals surface area contributed by atoms with Crippen molar-refractivity contribution in [1.82, 2.24) is 0 Å². The summed E-state index contributed by atoms with van der Waals surface area (Å²) in [5.74, 6) is 3.11. The minimum absolute atomic E-state index is 1.01. The lowest BCUT2D eigenvalue weighted by molar-refractivity contribution is 0.828. The van der Waals surface area contributed by atoms with Gasteiger partial charge in [0.15, 0.2) is 0 Å². The topological polar surface area (TPSA) is 0 Å². The zero-order valence-electron chi connectivity index (χ0n) is 7.00. The lowest BCUT2D eigenvalue weighted by atomic mass is 10.3. The van der Waals surface area contributed by atoms with Crippen molar-refractivity contribution in [3.05, 3.63) is 0 Å². The predicted molar refractivity (Wildman–Crippen MR) is 50.6 cm³/mol. The average molecular weight is 175 g/mol. The SMILES string of the molecule is CCCCC#C[Si](C)(C)Cl. The van der Waals surface area contributed by atoms with Crippen molar-refractivity contribution in [3.63, 3.8) is 0 Å². The lowest BCUT2D eigenvalue weighted by Gasteiger charge is -1.99. The van der Waals surface area contributed by atoms with Crippen LogP contribution in [-0.4, -0.2) is 7.38 Å². The third kappa shape index (κ3) is 8.07. The van der Waals surface area contributed by atoms with Gasteiger partial charge in [-0.2, -0.15) is 11.1 Å². The van der Waals surface area contributed by atoms with Crippen molar-refractivity contribution in [2.45, 2.75) is 39.3 Å². The molecule has 58 valence electrons. The van der Waals surface area contributed by atoms with Gasteiger partial charge in [0.05, 0.1) is 0 Å². The molecule has 0 aliphatic rings. The molecule has 10 heavy (non-hydrogen) atoms. The van der Waals surface area contributed by atoms with Crippen molar-refractivity contribution in [2.75, 3.05) is 0 Å².